The molecule has 0 saturated carbocycles. The third kappa shape index (κ3) is 4.81. The number of methoxy groups -OCH3 is 1. The lowest BCUT2D eigenvalue weighted by Crippen LogP contribution is -1.98. The van der Waals surface area contributed by atoms with Gasteiger partial charge in [0.05, 0.1) is 17.7 Å². The van der Waals surface area contributed by atoms with Crippen molar-refractivity contribution in [3.63, 3.8) is 0 Å². The molecule has 108 valence electrons. The molecule has 5 heteroatoms. The molecule has 1 N–H and O–H groups in total. The standard InChI is InChI=1S/C15H20N2OS2/c1-12-15(20-11-17-12)10-16-13-4-6-14(7-5-13)19-9-3-8-18-2/h4-7,11,16H,3,8-10H2,1-2H3. The summed E-state index contributed by atoms with van der Waals surface area (Å²) in [6.45, 7) is 3.73. The van der Waals surface area contributed by atoms with E-state index in [1.807, 2.05) is 24.2 Å². The van der Waals surface area contributed by atoms with E-state index in [-0.39, 0.29) is 0 Å². The zero-order valence-corrected chi connectivity index (χ0v) is 13.5. The predicted molar refractivity (Wildman–Crippen MR) is 87.8 cm³/mol. The Labute approximate surface area is 128 Å². The molecule has 20 heavy (non-hydrogen) atoms. The van der Waals surface area contributed by atoms with Gasteiger partial charge in [0.2, 0.25) is 0 Å². The Bertz CT molecular complexity index is 511. The second-order valence-corrected chi connectivity index (χ2v) is 6.54. The van der Waals surface area contributed by atoms with Crippen LogP contribution >= 0.6 is 23.1 Å². The summed E-state index contributed by atoms with van der Waals surface area (Å²) in [5.41, 5.74) is 4.17. The maximum Gasteiger partial charge on any atom is 0.0798 e. The molecular weight excluding hydrogens is 288 g/mol. The third-order valence-electron chi connectivity index (χ3n) is 2.91. The average Bonchev–Trinajstić information content (AvgIpc) is 2.88. The van der Waals surface area contributed by atoms with E-state index in [0.29, 0.717) is 0 Å². The summed E-state index contributed by atoms with van der Waals surface area (Å²) in [6, 6.07) is 8.60. The highest BCUT2D eigenvalue weighted by atomic mass is 32.2. The number of rotatable bonds is 8. The Kier molecular flexibility index (Phi) is 6.36. The van der Waals surface area contributed by atoms with Gasteiger partial charge in [0.25, 0.3) is 0 Å². The molecule has 0 radical (unpaired) electrons. The number of nitrogens with one attached hydrogen (secondary N) is 1. The van der Waals surface area contributed by atoms with Gasteiger partial charge in [-0.15, -0.1) is 23.1 Å². The van der Waals surface area contributed by atoms with Crippen LogP contribution in [0, 0.1) is 6.92 Å². The molecule has 0 fully saturated rings. The van der Waals surface area contributed by atoms with Crippen molar-refractivity contribution in [2.75, 3.05) is 24.8 Å². The molecule has 2 rings (SSSR count). The molecule has 0 unspecified atom stereocenters. The Hall–Kier alpha value is -1.04. The lowest BCUT2D eigenvalue weighted by Gasteiger charge is -2.07. The average molecular weight is 308 g/mol. The number of aryl methyl sites for hydroxylation is 1. The van der Waals surface area contributed by atoms with Crippen molar-refractivity contribution in [2.45, 2.75) is 24.8 Å². The fourth-order valence-corrected chi connectivity index (χ4v) is 3.28. The highest BCUT2D eigenvalue weighted by Crippen LogP contribution is 2.22. The molecule has 0 aliphatic rings. The van der Waals surface area contributed by atoms with E-state index in [0.717, 1.165) is 36.7 Å². The van der Waals surface area contributed by atoms with Crippen LogP contribution in [0.1, 0.15) is 17.0 Å². The molecule has 0 aliphatic carbocycles. The Balaban J connectivity index is 1.78. The van der Waals surface area contributed by atoms with Crippen molar-refractivity contribution in [2.24, 2.45) is 0 Å². The SMILES string of the molecule is COCCCSc1ccc(NCc2scnc2C)cc1. The third-order valence-corrected chi connectivity index (χ3v) is 4.95. The quantitative estimate of drug-likeness (QED) is 0.585. The molecule has 1 aromatic carbocycles. The fraction of sp³-hybridized carbons (Fsp3) is 0.400. The molecule has 0 atom stereocenters. The van der Waals surface area contributed by atoms with Crippen LogP contribution in [0.4, 0.5) is 5.69 Å². The maximum absolute atomic E-state index is 5.05. The second kappa shape index (κ2) is 8.29. The van der Waals surface area contributed by atoms with Crippen molar-refractivity contribution in [1.82, 2.24) is 4.98 Å². The number of thiazole rings is 1. The maximum atomic E-state index is 5.05. The van der Waals surface area contributed by atoms with Gasteiger partial charge in [-0.1, -0.05) is 0 Å². The van der Waals surface area contributed by atoms with Gasteiger partial charge in [-0.25, -0.2) is 4.98 Å². The van der Waals surface area contributed by atoms with E-state index in [2.05, 4.69) is 34.6 Å². The summed E-state index contributed by atoms with van der Waals surface area (Å²) in [7, 11) is 1.75. The van der Waals surface area contributed by atoms with E-state index in [1.54, 1.807) is 18.4 Å². The first-order valence-corrected chi connectivity index (χ1v) is 8.51. The molecular formula is C15H20N2OS2. The normalized spacial score (nSPS) is 10.7. The molecule has 1 heterocycles. The van der Waals surface area contributed by atoms with Crippen molar-refractivity contribution in [3.8, 4) is 0 Å². The van der Waals surface area contributed by atoms with Gasteiger partial charge < -0.3 is 10.1 Å². The van der Waals surface area contributed by atoms with Crippen LogP contribution in [0.3, 0.4) is 0 Å². The Morgan fingerprint density at radius 3 is 2.75 bits per heavy atom. The number of nitrogens with zero attached hydrogens (tertiary/aromatic N) is 1. The van der Waals surface area contributed by atoms with Crippen LogP contribution in [0.15, 0.2) is 34.7 Å². The minimum atomic E-state index is 0.834. The monoisotopic (exact) mass is 308 g/mol. The molecule has 0 aliphatic heterocycles. The zero-order chi connectivity index (χ0) is 14.2. The van der Waals surface area contributed by atoms with Crippen molar-refractivity contribution < 1.29 is 4.74 Å². The molecule has 0 spiro atoms. The van der Waals surface area contributed by atoms with Gasteiger partial charge in [0.1, 0.15) is 0 Å². The predicted octanol–water partition coefficient (Wildman–Crippen LogP) is 4.19. The lowest BCUT2D eigenvalue weighted by atomic mass is 10.3. The van der Waals surface area contributed by atoms with Crippen LogP contribution in [0.5, 0.6) is 0 Å². The van der Waals surface area contributed by atoms with Gasteiger partial charge in [-0.05, 0) is 37.6 Å². The van der Waals surface area contributed by atoms with Crippen molar-refractivity contribution in [3.05, 3.63) is 40.3 Å². The smallest absolute Gasteiger partial charge is 0.0798 e. The summed E-state index contributed by atoms with van der Waals surface area (Å²) >= 11 is 3.57. The van der Waals surface area contributed by atoms with Gasteiger partial charge in [0, 0.05) is 34.9 Å². The van der Waals surface area contributed by atoms with E-state index in [4.69, 9.17) is 4.74 Å². The van der Waals surface area contributed by atoms with Crippen LogP contribution in [-0.4, -0.2) is 24.5 Å². The van der Waals surface area contributed by atoms with Gasteiger partial charge in [-0.3, -0.25) is 0 Å². The zero-order valence-electron chi connectivity index (χ0n) is 11.9. The van der Waals surface area contributed by atoms with Gasteiger partial charge in [0.15, 0.2) is 0 Å². The van der Waals surface area contributed by atoms with Crippen LogP contribution in [0.25, 0.3) is 0 Å². The number of ether oxygens (including phenoxy) is 1. The van der Waals surface area contributed by atoms with Crippen LogP contribution < -0.4 is 5.32 Å². The first-order valence-electron chi connectivity index (χ1n) is 6.64. The Morgan fingerprint density at radius 2 is 2.10 bits per heavy atom. The van der Waals surface area contributed by atoms with E-state index in [1.165, 1.54) is 9.77 Å². The largest absolute Gasteiger partial charge is 0.385 e. The topological polar surface area (TPSA) is 34.1 Å². The molecule has 0 saturated heterocycles. The molecule has 3 nitrogen and oxygen atoms in total. The minimum Gasteiger partial charge on any atom is -0.385 e. The number of aromatic nitrogens is 1. The minimum absolute atomic E-state index is 0.834. The first kappa shape index (κ1) is 15.4. The fourth-order valence-electron chi connectivity index (χ4n) is 1.74. The number of anilines is 1. The summed E-state index contributed by atoms with van der Waals surface area (Å²) in [4.78, 5) is 6.86. The summed E-state index contributed by atoms with van der Waals surface area (Å²) in [6.07, 6.45) is 1.09. The van der Waals surface area contributed by atoms with E-state index >= 15 is 0 Å². The lowest BCUT2D eigenvalue weighted by molar-refractivity contribution is 0.200. The summed E-state index contributed by atoms with van der Waals surface area (Å²) in [5.74, 6) is 1.10. The number of hydrogen-bond donors (Lipinski definition) is 1. The van der Waals surface area contributed by atoms with Crippen molar-refractivity contribution in [1.29, 1.82) is 0 Å². The number of thioether (sulfide) groups is 1. The first-order chi connectivity index (χ1) is 9.79. The van der Waals surface area contributed by atoms with E-state index in [9.17, 15) is 0 Å². The highest BCUT2D eigenvalue weighted by molar-refractivity contribution is 7.99. The number of hydrogen-bond acceptors (Lipinski definition) is 5. The molecule has 0 bridgehead atoms. The van der Waals surface area contributed by atoms with Crippen LogP contribution in [0.2, 0.25) is 0 Å². The summed E-state index contributed by atoms with van der Waals surface area (Å²) in [5, 5.41) is 3.43. The van der Waals surface area contributed by atoms with Gasteiger partial charge in [-0.2, -0.15) is 0 Å². The van der Waals surface area contributed by atoms with Gasteiger partial charge >= 0.3 is 0 Å². The van der Waals surface area contributed by atoms with Crippen LogP contribution in [-0.2, 0) is 11.3 Å². The Morgan fingerprint density at radius 1 is 1.30 bits per heavy atom. The highest BCUT2D eigenvalue weighted by Gasteiger charge is 2.01. The van der Waals surface area contributed by atoms with E-state index < -0.39 is 0 Å². The second-order valence-electron chi connectivity index (χ2n) is 4.43. The molecule has 1 aromatic heterocycles. The molecule has 2 aromatic rings. The van der Waals surface area contributed by atoms with Crippen molar-refractivity contribution >= 4 is 28.8 Å². The number of benzene rings is 1. The molecule has 0 amide bonds. The summed E-state index contributed by atoms with van der Waals surface area (Å²) < 4.78 is 5.05.